The second kappa shape index (κ2) is 6.57. The van der Waals surface area contributed by atoms with Crippen molar-refractivity contribution in [2.75, 3.05) is 19.6 Å². The van der Waals surface area contributed by atoms with Gasteiger partial charge in [0.15, 0.2) is 0 Å². The Hall–Kier alpha value is -0.470. The number of thiophene rings is 1. The third kappa shape index (κ3) is 4.29. The first-order valence-electron chi connectivity index (χ1n) is 7.57. The minimum atomic E-state index is -3.43. The summed E-state index contributed by atoms with van der Waals surface area (Å²) in [7, 11) is -3.43. The Kier molecular flexibility index (Phi) is 5.34. The molecule has 0 radical (unpaired) electrons. The zero-order valence-electron chi connectivity index (χ0n) is 13.9. The van der Waals surface area contributed by atoms with Crippen LogP contribution in [0.25, 0.3) is 0 Å². The summed E-state index contributed by atoms with van der Waals surface area (Å²) < 4.78 is 33.6. The van der Waals surface area contributed by atoms with Crippen molar-refractivity contribution in [3.8, 4) is 0 Å². The number of nitrogens with zero attached hydrogens (tertiary/aromatic N) is 1. The Morgan fingerprint density at radius 1 is 1.32 bits per heavy atom. The predicted octanol–water partition coefficient (Wildman–Crippen LogP) is 2.22. The van der Waals surface area contributed by atoms with Gasteiger partial charge in [0.1, 0.15) is 4.21 Å². The molecular weight excluding hydrogens is 320 g/mol. The number of aryl methyl sites for hydroxylation is 1. The molecule has 1 saturated heterocycles. The lowest BCUT2D eigenvalue weighted by Gasteiger charge is -2.45. The van der Waals surface area contributed by atoms with E-state index in [9.17, 15) is 8.42 Å². The third-order valence-corrected chi connectivity index (χ3v) is 6.84. The molecule has 1 N–H and O–H groups in total. The quantitative estimate of drug-likeness (QED) is 0.888. The summed E-state index contributed by atoms with van der Waals surface area (Å²) in [6.45, 7) is 12.2. The van der Waals surface area contributed by atoms with Gasteiger partial charge in [-0.05, 0) is 46.8 Å². The monoisotopic (exact) mass is 346 g/mol. The number of morpholine rings is 1. The van der Waals surface area contributed by atoms with E-state index in [0.29, 0.717) is 10.8 Å². The van der Waals surface area contributed by atoms with Crippen molar-refractivity contribution in [2.45, 2.75) is 56.6 Å². The molecule has 7 heteroatoms. The lowest BCUT2D eigenvalue weighted by atomic mass is 10.0. The maximum atomic E-state index is 12.4. The van der Waals surface area contributed by atoms with Gasteiger partial charge in [-0.2, -0.15) is 0 Å². The molecular formula is C15H26N2O3S2. The third-order valence-electron chi connectivity index (χ3n) is 3.95. The predicted molar refractivity (Wildman–Crippen MR) is 89.9 cm³/mol. The van der Waals surface area contributed by atoms with E-state index in [1.165, 1.54) is 11.3 Å². The highest BCUT2D eigenvalue weighted by molar-refractivity contribution is 7.91. The molecule has 1 fully saturated rings. The molecule has 0 aromatic carbocycles. The smallest absolute Gasteiger partial charge is 0.250 e. The van der Waals surface area contributed by atoms with E-state index >= 15 is 0 Å². The Bertz CT molecular complexity index is 600. The average molecular weight is 347 g/mol. The molecule has 2 heterocycles. The lowest BCUT2D eigenvalue weighted by molar-refractivity contribution is -0.0945. The Morgan fingerprint density at radius 2 is 1.91 bits per heavy atom. The van der Waals surface area contributed by atoms with E-state index in [0.717, 1.165) is 18.0 Å². The first kappa shape index (κ1) is 17.9. The van der Waals surface area contributed by atoms with E-state index in [1.54, 1.807) is 6.07 Å². The summed E-state index contributed by atoms with van der Waals surface area (Å²) in [6.07, 6.45) is 0.333. The van der Waals surface area contributed by atoms with Crippen LogP contribution in [0.15, 0.2) is 16.3 Å². The van der Waals surface area contributed by atoms with E-state index < -0.39 is 10.0 Å². The summed E-state index contributed by atoms with van der Waals surface area (Å²) in [6, 6.07) is 3.49. The minimum Gasteiger partial charge on any atom is -0.373 e. The maximum Gasteiger partial charge on any atom is 0.250 e. The molecule has 1 aromatic heterocycles. The molecule has 0 unspecified atom stereocenters. The van der Waals surface area contributed by atoms with Crippen LogP contribution in [0.4, 0.5) is 0 Å². The fourth-order valence-electron chi connectivity index (χ4n) is 2.68. The Balaban J connectivity index is 2.03. The van der Waals surface area contributed by atoms with Gasteiger partial charge < -0.3 is 4.74 Å². The molecule has 0 spiro atoms. The SMILES string of the molecule is Cc1ccc(S(=O)(=O)NCC(C)(C)N2C[C@@H](C)O[C@@H](C)C2)s1. The molecule has 0 bridgehead atoms. The van der Waals surface area contributed by atoms with Gasteiger partial charge in [-0.15, -0.1) is 11.3 Å². The normalized spacial score (nSPS) is 24.6. The summed E-state index contributed by atoms with van der Waals surface area (Å²) in [5.74, 6) is 0. The molecule has 0 saturated carbocycles. The van der Waals surface area contributed by atoms with Crippen molar-refractivity contribution in [1.82, 2.24) is 9.62 Å². The van der Waals surface area contributed by atoms with Gasteiger partial charge in [0, 0.05) is 30.1 Å². The highest BCUT2D eigenvalue weighted by Gasteiger charge is 2.34. The van der Waals surface area contributed by atoms with Crippen molar-refractivity contribution in [3.63, 3.8) is 0 Å². The van der Waals surface area contributed by atoms with Crippen LogP contribution in [0.3, 0.4) is 0 Å². The molecule has 0 aliphatic carbocycles. The van der Waals surface area contributed by atoms with E-state index in [1.807, 2.05) is 13.0 Å². The average Bonchev–Trinajstić information content (AvgIpc) is 2.83. The Labute approximate surface area is 137 Å². The molecule has 126 valence electrons. The van der Waals surface area contributed by atoms with Crippen LogP contribution in [0.5, 0.6) is 0 Å². The fourth-order valence-corrected chi connectivity index (χ4v) is 5.22. The molecule has 2 rings (SSSR count). The zero-order valence-corrected chi connectivity index (χ0v) is 15.6. The van der Waals surface area contributed by atoms with Gasteiger partial charge in [0.2, 0.25) is 10.0 Å². The highest BCUT2D eigenvalue weighted by Crippen LogP contribution is 2.23. The molecule has 2 atom stereocenters. The van der Waals surface area contributed by atoms with Crippen LogP contribution < -0.4 is 4.72 Å². The number of ether oxygens (including phenoxy) is 1. The number of nitrogens with one attached hydrogen (secondary N) is 1. The standard InChI is InChI=1S/C15H26N2O3S2/c1-11-8-17(9-12(2)20-11)15(4,5)10-16-22(18,19)14-7-6-13(3)21-14/h6-7,11-12,16H,8-10H2,1-5H3/t11-,12+. The fraction of sp³-hybridized carbons (Fsp3) is 0.733. The van der Waals surface area contributed by atoms with Crippen LogP contribution in [0.1, 0.15) is 32.6 Å². The maximum absolute atomic E-state index is 12.4. The van der Waals surface area contributed by atoms with E-state index in [4.69, 9.17) is 4.74 Å². The van der Waals surface area contributed by atoms with E-state index in [2.05, 4.69) is 37.3 Å². The molecule has 5 nitrogen and oxygen atoms in total. The number of sulfonamides is 1. The van der Waals surface area contributed by atoms with Crippen LogP contribution in [0, 0.1) is 6.92 Å². The molecule has 1 aromatic rings. The molecule has 1 aliphatic rings. The first-order valence-corrected chi connectivity index (χ1v) is 9.87. The van der Waals surface area contributed by atoms with Gasteiger partial charge in [-0.25, -0.2) is 13.1 Å². The van der Waals surface area contributed by atoms with Gasteiger partial charge >= 0.3 is 0 Å². The summed E-state index contributed by atoms with van der Waals surface area (Å²) in [4.78, 5) is 3.30. The zero-order chi connectivity index (χ0) is 16.5. The van der Waals surface area contributed by atoms with Crippen molar-refractivity contribution in [1.29, 1.82) is 0 Å². The van der Waals surface area contributed by atoms with Crippen LogP contribution in [-0.2, 0) is 14.8 Å². The van der Waals surface area contributed by atoms with E-state index in [-0.39, 0.29) is 17.7 Å². The van der Waals surface area contributed by atoms with Crippen molar-refractivity contribution in [3.05, 3.63) is 17.0 Å². The summed E-state index contributed by atoms with van der Waals surface area (Å²) in [5.41, 5.74) is -0.258. The largest absolute Gasteiger partial charge is 0.373 e. The molecule has 22 heavy (non-hydrogen) atoms. The van der Waals surface area contributed by atoms with Crippen LogP contribution in [0.2, 0.25) is 0 Å². The second-order valence-corrected chi connectivity index (χ2v) is 9.95. The van der Waals surface area contributed by atoms with Gasteiger partial charge in [-0.3, -0.25) is 4.90 Å². The van der Waals surface area contributed by atoms with Gasteiger partial charge in [-0.1, -0.05) is 0 Å². The number of hydrogen-bond donors (Lipinski definition) is 1. The van der Waals surface area contributed by atoms with Gasteiger partial charge in [0.25, 0.3) is 0 Å². The Morgan fingerprint density at radius 3 is 2.41 bits per heavy atom. The molecule has 0 amide bonds. The number of hydrogen-bond acceptors (Lipinski definition) is 5. The van der Waals surface area contributed by atoms with Crippen LogP contribution >= 0.6 is 11.3 Å². The first-order chi connectivity index (χ1) is 10.1. The molecule has 1 aliphatic heterocycles. The second-order valence-electron chi connectivity index (χ2n) is 6.66. The van der Waals surface area contributed by atoms with Crippen molar-refractivity contribution >= 4 is 21.4 Å². The van der Waals surface area contributed by atoms with Crippen molar-refractivity contribution in [2.24, 2.45) is 0 Å². The summed E-state index contributed by atoms with van der Waals surface area (Å²) >= 11 is 1.30. The number of rotatable bonds is 5. The van der Waals surface area contributed by atoms with Crippen LogP contribution in [-0.4, -0.2) is 50.7 Å². The van der Waals surface area contributed by atoms with Gasteiger partial charge in [0.05, 0.1) is 12.2 Å². The lowest BCUT2D eigenvalue weighted by Crippen LogP contribution is -2.58. The van der Waals surface area contributed by atoms with Crippen molar-refractivity contribution < 1.29 is 13.2 Å². The summed E-state index contributed by atoms with van der Waals surface area (Å²) in [5, 5.41) is 0. The minimum absolute atomic E-state index is 0.166. The topological polar surface area (TPSA) is 58.6 Å². The highest BCUT2D eigenvalue weighted by atomic mass is 32.2.